The Bertz CT molecular complexity index is 513. The maximum Gasteiger partial charge on any atom is 0.142 e. The van der Waals surface area contributed by atoms with Crippen LogP contribution in [0.15, 0.2) is 18.2 Å². The lowest BCUT2D eigenvalue weighted by Crippen LogP contribution is -2.35. The molecule has 116 valence electrons. The number of hydrogen-bond acceptors (Lipinski definition) is 3. The van der Waals surface area contributed by atoms with Crippen LogP contribution in [0.3, 0.4) is 0 Å². The van der Waals surface area contributed by atoms with Crippen molar-refractivity contribution in [3.63, 3.8) is 0 Å². The van der Waals surface area contributed by atoms with Gasteiger partial charge >= 0.3 is 0 Å². The molecule has 1 aromatic carbocycles. The van der Waals surface area contributed by atoms with Crippen LogP contribution in [-0.2, 0) is 6.54 Å². The van der Waals surface area contributed by atoms with E-state index in [1.165, 1.54) is 0 Å². The van der Waals surface area contributed by atoms with Gasteiger partial charge in [-0.3, -0.25) is 0 Å². The first kappa shape index (κ1) is 17.8. The average Bonchev–Trinajstić information content (AvgIpc) is 2.38. The Balaban J connectivity index is 2.75. The fourth-order valence-corrected chi connectivity index (χ4v) is 1.93. The number of ether oxygens (including phenoxy) is 1. The zero-order valence-electron chi connectivity index (χ0n) is 13.6. The molecular formula is C17H25ClN2O. The fourth-order valence-electron chi connectivity index (χ4n) is 1.68. The fraction of sp³-hybridized carbons (Fsp3) is 0.588. The zero-order valence-corrected chi connectivity index (χ0v) is 14.3. The van der Waals surface area contributed by atoms with Gasteiger partial charge in [-0.1, -0.05) is 23.7 Å². The molecule has 4 heteroatoms. The van der Waals surface area contributed by atoms with Gasteiger partial charge < -0.3 is 10.1 Å². The summed E-state index contributed by atoms with van der Waals surface area (Å²) < 4.78 is 5.85. The normalized spacial score (nSPS) is 12.0. The Labute approximate surface area is 133 Å². The van der Waals surface area contributed by atoms with Crippen LogP contribution >= 0.6 is 11.6 Å². The van der Waals surface area contributed by atoms with Crippen LogP contribution in [-0.4, -0.2) is 12.1 Å². The number of halogens is 1. The van der Waals surface area contributed by atoms with Gasteiger partial charge in [0.05, 0.1) is 23.1 Å². The van der Waals surface area contributed by atoms with Crippen LogP contribution in [0.25, 0.3) is 0 Å². The first-order valence-electron chi connectivity index (χ1n) is 7.21. The van der Waals surface area contributed by atoms with Gasteiger partial charge in [-0.2, -0.15) is 5.26 Å². The van der Waals surface area contributed by atoms with Crippen LogP contribution in [0.5, 0.6) is 5.75 Å². The minimum atomic E-state index is -0.384. The standard InChI is InChI=1S/C17H25ClN2O/c1-16(2,3)20-11-13-7-6-8-14(18)15(13)21-10-9-17(4,5)12-19/h6-8,20H,9-11H2,1-5H3. The van der Waals surface area contributed by atoms with Crippen LogP contribution < -0.4 is 10.1 Å². The maximum atomic E-state index is 9.03. The number of nitrogens with one attached hydrogen (secondary N) is 1. The van der Waals surface area contributed by atoms with Crippen LogP contribution in [0.1, 0.15) is 46.6 Å². The number of nitrogens with zero attached hydrogens (tertiary/aromatic N) is 1. The number of para-hydroxylation sites is 1. The Morgan fingerprint density at radius 2 is 1.90 bits per heavy atom. The summed E-state index contributed by atoms with van der Waals surface area (Å²) in [4.78, 5) is 0. The average molecular weight is 309 g/mol. The molecule has 0 spiro atoms. The highest BCUT2D eigenvalue weighted by Crippen LogP contribution is 2.30. The summed E-state index contributed by atoms with van der Waals surface area (Å²) in [6.45, 7) is 11.3. The van der Waals surface area contributed by atoms with E-state index in [0.29, 0.717) is 30.3 Å². The van der Waals surface area contributed by atoms with E-state index in [2.05, 4.69) is 32.2 Å². The van der Waals surface area contributed by atoms with Crippen LogP contribution in [0, 0.1) is 16.7 Å². The lowest BCUT2D eigenvalue weighted by atomic mass is 9.92. The predicted molar refractivity (Wildman–Crippen MR) is 87.6 cm³/mol. The molecule has 0 unspecified atom stereocenters. The Hall–Kier alpha value is -1.24. The van der Waals surface area contributed by atoms with Gasteiger partial charge in [0.2, 0.25) is 0 Å². The van der Waals surface area contributed by atoms with Crippen LogP contribution in [0.2, 0.25) is 5.02 Å². The highest BCUT2D eigenvalue weighted by Gasteiger charge is 2.18. The molecule has 3 nitrogen and oxygen atoms in total. The van der Waals surface area contributed by atoms with E-state index in [1.807, 2.05) is 32.0 Å². The van der Waals surface area contributed by atoms with Crippen molar-refractivity contribution in [2.24, 2.45) is 5.41 Å². The van der Waals surface area contributed by atoms with Gasteiger partial charge in [-0.05, 0) is 47.1 Å². The van der Waals surface area contributed by atoms with Gasteiger partial charge in [-0.25, -0.2) is 0 Å². The van der Waals surface area contributed by atoms with Crippen molar-refractivity contribution in [3.8, 4) is 11.8 Å². The van der Waals surface area contributed by atoms with Crippen molar-refractivity contribution in [1.29, 1.82) is 5.26 Å². The molecule has 1 aromatic rings. The summed E-state index contributed by atoms with van der Waals surface area (Å²) >= 11 is 6.25. The first-order valence-corrected chi connectivity index (χ1v) is 7.59. The molecule has 0 atom stereocenters. The van der Waals surface area contributed by atoms with E-state index in [1.54, 1.807) is 0 Å². The Kier molecular flexibility index (Phi) is 6.07. The maximum absolute atomic E-state index is 9.03. The summed E-state index contributed by atoms with van der Waals surface area (Å²) in [6, 6.07) is 8.04. The smallest absolute Gasteiger partial charge is 0.142 e. The molecule has 21 heavy (non-hydrogen) atoms. The molecule has 0 aliphatic carbocycles. The summed E-state index contributed by atoms with van der Waals surface area (Å²) in [6.07, 6.45) is 0.668. The molecule has 0 aliphatic rings. The molecule has 0 heterocycles. The van der Waals surface area contributed by atoms with E-state index in [-0.39, 0.29) is 11.0 Å². The van der Waals surface area contributed by atoms with E-state index < -0.39 is 0 Å². The van der Waals surface area contributed by atoms with Crippen molar-refractivity contribution >= 4 is 11.6 Å². The van der Waals surface area contributed by atoms with Gasteiger partial charge in [0.1, 0.15) is 5.75 Å². The lowest BCUT2D eigenvalue weighted by molar-refractivity contribution is 0.261. The SMILES string of the molecule is CC(C)(C#N)CCOc1c(Cl)cccc1CNC(C)(C)C. The van der Waals surface area contributed by atoms with Crippen molar-refractivity contribution in [3.05, 3.63) is 28.8 Å². The van der Waals surface area contributed by atoms with Crippen molar-refractivity contribution < 1.29 is 4.74 Å². The quantitative estimate of drug-likeness (QED) is 0.838. The highest BCUT2D eigenvalue weighted by molar-refractivity contribution is 6.32. The van der Waals surface area contributed by atoms with Crippen LogP contribution in [0.4, 0.5) is 0 Å². The number of rotatable bonds is 6. The molecule has 1 N–H and O–H groups in total. The molecule has 0 saturated carbocycles. The third kappa shape index (κ3) is 6.37. The highest BCUT2D eigenvalue weighted by atomic mass is 35.5. The minimum absolute atomic E-state index is 0.0301. The molecule has 0 fully saturated rings. The summed E-state index contributed by atoms with van der Waals surface area (Å²) in [5, 5.41) is 13.1. The van der Waals surface area contributed by atoms with E-state index in [4.69, 9.17) is 21.6 Å². The van der Waals surface area contributed by atoms with E-state index in [0.717, 1.165) is 5.56 Å². The summed E-state index contributed by atoms with van der Waals surface area (Å²) in [7, 11) is 0. The largest absolute Gasteiger partial charge is 0.492 e. The van der Waals surface area contributed by atoms with E-state index in [9.17, 15) is 0 Å². The third-order valence-electron chi connectivity index (χ3n) is 3.13. The van der Waals surface area contributed by atoms with Gasteiger partial charge in [0, 0.05) is 17.6 Å². The molecule has 0 bridgehead atoms. The predicted octanol–water partition coefficient (Wildman–Crippen LogP) is 4.55. The second-order valence-corrected chi connectivity index (χ2v) is 7.33. The molecule has 0 aliphatic heterocycles. The topological polar surface area (TPSA) is 45.0 Å². The number of hydrogen-bond donors (Lipinski definition) is 1. The van der Waals surface area contributed by atoms with Crippen molar-refractivity contribution in [2.75, 3.05) is 6.61 Å². The van der Waals surface area contributed by atoms with Crippen molar-refractivity contribution in [2.45, 2.75) is 53.1 Å². The molecule has 0 saturated heterocycles. The van der Waals surface area contributed by atoms with Gasteiger partial charge in [0.25, 0.3) is 0 Å². The third-order valence-corrected chi connectivity index (χ3v) is 3.43. The zero-order chi connectivity index (χ0) is 16.1. The number of benzene rings is 1. The second-order valence-electron chi connectivity index (χ2n) is 6.93. The van der Waals surface area contributed by atoms with E-state index >= 15 is 0 Å². The second kappa shape index (κ2) is 7.15. The monoisotopic (exact) mass is 308 g/mol. The Morgan fingerprint density at radius 3 is 2.48 bits per heavy atom. The molecule has 0 aromatic heterocycles. The molecule has 0 radical (unpaired) electrons. The molecule has 1 rings (SSSR count). The summed E-state index contributed by atoms with van der Waals surface area (Å²) in [5.41, 5.74) is 0.681. The van der Waals surface area contributed by atoms with Gasteiger partial charge in [-0.15, -0.1) is 0 Å². The van der Waals surface area contributed by atoms with Gasteiger partial charge in [0.15, 0.2) is 0 Å². The number of nitriles is 1. The summed E-state index contributed by atoms with van der Waals surface area (Å²) in [5.74, 6) is 0.713. The molecular weight excluding hydrogens is 284 g/mol. The first-order chi connectivity index (χ1) is 9.64. The molecule has 0 amide bonds. The lowest BCUT2D eigenvalue weighted by Gasteiger charge is -2.22. The Morgan fingerprint density at radius 1 is 1.24 bits per heavy atom. The van der Waals surface area contributed by atoms with Crippen molar-refractivity contribution in [1.82, 2.24) is 5.32 Å². The minimum Gasteiger partial charge on any atom is -0.492 e.